The van der Waals surface area contributed by atoms with Crippen LogP contribution in [0.3, 0.4) is 0 Å². The molecule has 1 atom stereocenters. The lowest BCUT2D eigenvalue weighted by molar-refractivity contribution is -0.137. The van der Waals surface area contributed by atoms with Crippen molar-refractivity contribution in [1.29, 1.82) is 0 Å². The van der Waals surface area contributed by atoms with Crippen molar-refractivity contribution in [2.45, 2.75) is 52.1 Å². The lowest BCUT2D eigenvalue weighted by Crippen LogP contribution is -2.35. The predicted octanol–water partition coefficient (Wildman–Crippen LogP) is 7.13. The third-order valence-electron chi connectivity index (χ3n) is 6.30. The summed E-state index contributed by atoms with van der Waals surface area (Å²) in [6, 6.07) is 10.1. The topological polar surface area (TPSA) is 98.6 Å². The number of carbonyl (C=O) groups is 2. The lowest BCUT2D eigenvalue weighted by Gasteiger charge is -2.27. The minimum absolute atomic E-state index is 0.0220. The van der Waals surface area contributed by atoms with Crippen LogP contribution in [-0.2, 0) is 17.5 Å². The van der Waals surface area contributed by atoms with Crippen molar-refractivity contribution in [2.75, 3.05) is 5.32 Å². The first-order valence-corrected chi connectivity index (χ1v) is 12.4. The highest BCUT2D eigenvalue weighted by Crippen LogP contribution is 2.40. The summed E-state index contributed by atoms with van der Waals surface area (Å²) in [5.74, 6) is 0.733. The van der Waals surface area contributed by atoms with Gasteiger partial charge in [-0.15, -0.1) is 0 Å². The Labute approximate surface area is 227 Å². The van der Waals surface area contributed by atoms with E-state index < -0.39 is 29.5 Å². The maximum absolute atomic E-state index is 13.0. The predicted molar refractivity (Wildman–Crippen MR) is 140 cm³/mol. The Morgan fingerprint density at radius 3 is 2.55 bits per heavy atom. The van der Waals surface area contributed by atoms with E-state index in [1.807, 2.05) is 6.92 Å². The molecule has 2 aromatic heterocycles. The molecular formula is C28H26F3N5O4. The van der Waals surface area contributed by atoms with Gasteiger partial charge in [0.15, 0.2) is 0 Å². The Balaban J connectivity index is 1.35. The summed E-state index contributed by atoms with van der Waals surface area (Å²) in [7, 11) is 0. The fraction of sp³-hybridized carbons (Fsp3) is 0.286. The number of nitrogens with zero attached hydrogens (tertiary/aromatic N) is 4. The second-order valence-corrected chi connectivity index (χ2v) is 10.3. The number of hydrogen-bond acceptors (Lipinski definition) is 6. The molecule has 3 heterocycles. The Bertz CT molecular complexity index is 1610. The van der Waals surface area contributed by atoms with Crippen LogP contribution in [0.5, 0.6) is 11.6 Å². The van der Waals surface area contributed by atoms with Crippen LogP contribution in [0.2, 0.25) is 0 Å². The van der Waals surface area contributed by atoms with Gasteiger partial charge >= 0.3 is 18.3 Å². The molecule has 1 N–H and O–H groups in total. The number of anilines is 1. The van der Waals surface area contributed by atoms with Crippen molar-refractivity contribution in [3.63, 3.8) is 0 Å². The third kappa shape index (κ3) is 5.42. The second-order valence-electron chi connectivity index (χ2n) is 10.3. The zero-order valence-electron chi connectivity index (χ0n) is 22.1. The van der Waals surface area contributed by atoms with Gasteiger partial charge in [0, 0.05) is 17.3 Å². The van der Waals surface area contributed by atoms with Crippen LogP contribution in [0.25, 0.3) is 10.9 Å². The van der Waals surface area contributed by atoms with Crippen LogP contribution in [0.4, 0.5) is 28.4 Å². The monoisotopic (exact) mass is 553 g/mol. The van der Waals surface area contributed by atoms with E-state index in [4.69, 9.17) is 9.47 Å². The molecule has 1 aliphatic heterocycles. The zero-order chi connectivity index (χ0) is 28.8. The molecule has 1 aliphatic rings. The molecule has 208 valence electrons. The number of ether oxygens (including phenoxy) is 2. The van der Waals surface area contributed by atoms with Gasteiger partial charge in [-0.1, -0.05) is 6.07 Å². The Morgan fingerprint density at radius 2 is 1.82 bits per heavy atom. The molecular weight excluding hydrogens is 527 g/mol. The van der Waals surface area contributed by atoms with Crippen molar-refractivity contribution >= 4 is 28.7 Å². The Hall–Kier alpha value is -4.61. The number of amides is 2. The van der Waals surface area contributed by atoms with Crippen molar-refractivity contribution in [2.24, 2.45) is 0 Å². The number of halogens is 3. The van der Waals surface area contributed by atoms with Gasteiger partial charge in [-0.25, -0.2) is 19.6 Å². The molecule has 0 bridgehead atoms. The van der Waals surface area contributed by atoms with Gasteiger partial charge in [0.25, 0.3) is 0 Å². The van der Waals surface area contributed by atoms with Gasteiger partial charge in [0.05, 0.1) is 34.9 Å². The summed E-state index contributed by atoms with van der Waals surface area (Å²) in [5, 5.41) is 3.16. The molecule has 5 rings (SSSR count). The van der Waals surface area contributed by atoms with Crippen molar-refractivity contribution in [3.8, 4) is 11.6 Å². The molecule has 1 unspecified atom stereocenters. The molecule has 2 amide bonds. The maximum atomic E-state index is 13.0. The highest BCUT2D eigenvalue weighted by atomic mass is 19.4. The molecule has 40 heavy (non-hydrogen) atoms. The zero-order valence-corrected chi connectivity index (χ0v) is 22.1. The first-order chi connectivity index (χ1) is 18.8. The Kier molecular flexibility index (Phi) is 6.64. The van der Waals surface area contributed by atoms with Crippen LogP contribution < -0.4 is 10.1 Å². The fourth-order valence-electron chi connectivity index (χ4n) is 4.47. The van der Waals surface area contributed by atoms with E-state index in [-0.39, 0.29) is 18.3 Å². The SMILES string of the molecule is CC1c2c(ncnc2Oc2ccc3c(ccn3C(=O)Nc3cccc(C(F)(F)F)c3)c2)CN1C(=O)OC(C)(C)C. The number of fused-ring (bicyclic) bond motifs is 2. The standard InChI is InChI=1S/C28H26F3N5O4/c1-16-23-21(14-36(16)26(38)40-27(2,3)4)32-15-33-24(23)39-20-8-9-22-17(12-20)10-11-35(22)25(37)34-19-7-5-6-18(13-19)28(29,30)31/h5-13,15-16H,14H2,1-4H3,(H,34,37). The number of carbonyl (C=O) groups excluding carboxylic acids is 2. The van der Waals surface area contributed by atoms with Crippen LogP contribution in [-0.4, -0.2) is 37.2 Å². The molecule has 4 aromatic rings. The summed E-state index contributed by atoms with van der Waals surface area (Å²) < 4.78 is 52.0. The first kappa shape index (κ1) is 27.0. The van der Waals surface area contributed by atoms with Crippen LogP contribution in [0.1, 0.15) is 50.6 Å². The molecule has 9 nitrogen and oxygen atoms in total. The minimum atomic E-state index is -4.52. The molecule has 2 aromatic carbocycles. The summed E-state index contributed by atoms with van der Waals surface area (Å²) >= 11 is 0. The summed E-state index contributed by atoms with van der Waals surface area (Å²) in [5.41, 5.74) is 0.368. The third-order valence-corrected chi connectivity index (χ3v) is 6.30. The van der Waals surface area contributed by atoms with Gasteiger partial charge in [-0.05, 0) is 70.2 Å². The summed E-state index contributed by atoms with van der Waals surface area (Å²) in [6.45, 7) is 7.49. The van der Waals surface area contributed by atoms with Gasteiger partial charge in [-0.2, -0.15) is 13.2 Å². The molecule has 0 saturated heterocycles. The molecule has 12 heteroatoms. The Morgan fingerprint density at radius 1 is 1.05 bits per heavy atom. The number of nitrogens with one attached hydrogen (secondary N) is 1. The number of rotatable bonds is 3. The molecule has 0 radical (unpaired) electrons. The smallest absolute Gasteiger partial charge is 0.416 e. The average Bonchev–Trinajstić information content (AvgIpc) is 3.44. The number of benzene rings is 2. The first-order valence-electron chi connectivity index (χ1n) is 12.4. The fourth-order valence-corrected chi connectivity index (χ4v) is 4.47. The molecule has 0 saturated carbocycles. The highest BCUT2D eigenvalue weighted by molar-refractivity contribution is 5.98. The average molecular weight is 554 g/mol. The second kappa shape index (κ2) is 9.85. The minimum Gasteiger partial charge on any atom is -0.444 e. The largest absolute Gasteiger partial charge is 0.444 e. The summed E-state index contributed by atoms with van der Waals surface area (Å²) in [4.78, 5) is 35.7. The van der Waals surface area contributed by atoms with Gasteiger partial charge < -0.3 is 14.8 Å². The summed E-state index contributed by atoms with van der Waals surface area (Å²) in [6.07, 6.45) is -2.10. The normalized spacial score (nSPS) is 15.2. The van der Waals surface area contributed by atoms with E-state index in [9.17, 15) is 22.8 Å². The van der Waals surface area contributed by atoms with E-state index in [1.165, 1.54) is 29.2 Å². The van der Waals surface area contributed by atoms with Crippen molar-refractivity contribution < 1.29 is 32.2 Å². The van der Waals surface area contributed by atoms with E-state index in [0.29, 0.717) is 33.8 Å². The van der Waals surface area contributed by atoms with E-state index >= 15 is 0 Å². The molecule has 0 fully saturated rings. The van der Waals surface area contributed by atoms with Gasteiger partial charge in [-0.3, -0.25) is 9.47 Å². The quantitative estimate of drug-likeness (QED) is 0.290. The highest BCUT2D eigenvalue weighted by Gasteiger charge is 2.37. The van der Waals surface area contributed by atoms with E-state index in [2.05, 4.69) is 15.3 Å². The molecule has 0 spiro atoms. The maximum Gasteiger partial charge on any atom is 0.416 e. The molecule has 0 aliphatic carbocycles. The van der Waals surface area contributed by atoms with E-state index in [0.717, 1.165) is 12.1 Å². The van der Waals surface area contributed by atoms with Crippen LogP contribution >= 0.6 is 0 Å². The van der Waals surface area contributed by atoms with Crippen molar-refractivity contribution in [3.05, 3.63) is 77.9 Å². The van der Waals surface area contributed by atoms with Gasteiger partial charge in [0.2, 0.25) is 5.88 Å². The van der Waals surface area contributed by atoms with Crippen molar-refractivity contribution in [1.82, 2.24) is 19.4 Å². The number of hydrogen-bond donors (Lipinski definition) is 1. The number of alkyl halides is 3. The number of aromatic nitrogens is 3. The van der Waals surface area contributed by atoms with Gasteiger partial charge in [0.1, 0.15) is 17.7 Å². The van der Waals surface area contributed by atoms with Crippen LogP contribution in [0, 0.1) is 0 Å². The lowest BCUT2D eigenvalue weighted by atomic mass is 10.1. The van der Waals surface area contributed by atoms with Crippen LogP contribution in [0.15, 0.2) is 61.1 Å². The van der Waals surface area contributed by atoms with E-state index in [1.54, 1.807) is 49.9 Å².